The SMILES string of the molecule is C[C@H]1CN(Cc2cnc(N(C)C)s2)CCN1.Cl. The quantitative estimate of drug-likeness (QED) is 0.905. The van der Waals surface area contributed by atoms with Gasteiger partial charge in [0.2, 0.25) is 0 Å². The number of hydrogen-bond acceptors (Lipinski definition) is 5. The molecule has 98 valence electrons. The van der Waals surface area contributed by atoms with Crippen LogP contribution in [-0.2, 0) is 6.54 Å². The minimum Gasteiger partial charge on any atom is -0.354 e. The van der Waals surface area contributed by atoms with Crippen molar-refractivity contribution in [2.75, 3.05) is 38.6 Å². The first-order chi connectivity index (χ1) is 7.65. The number of hydrogen-bond donors (Lipinski definition) is 1. The summed E-state index contributed by atoms with van der Waals surface area (Å²) in [5, 5.41) is 4.55. The second kappa shape index (κ2) is 6.54. The molecule has 1 aliphatic heterocycles. The summed E-state index contributed by atoms with van der Waals surface area (Å²) in [5.41, 5.74) is 0. The van der Waals surface area contributed by atoms with E-state index in [-0.39, 0.29) is 12.4 Å². The zero-order chi connectivity index (χ0) is 11.5. The van der Waals surface area contributed by atoms with Crippen LogP contribution in [0.25, 0.3) is 0 Å². The van der Waals surface area contributed by atoms with Crippen LogP contribution in [0.15, 0.2) is 6.20 Å². The monoisotopic (exact) mass is 276 g/mol. The summed E-state index contributed by atoms with van der Waals surface area (Å²) in [5.74, 6) is 0. The molecule has 2 heterocycles. The molecule has 0 aromatic carbocycles. The van der Waals surface area contributed by atoms with Crippen LogP contribution in [0, 0.1) is 0 Å². The van der Waals surface area contributed by atoms with Crippen molar-refractivity contribution in [1.29, 1.82) is 0 Å². The van der Waals surface area contributed by atoms with Crippen molar-refractivity contribution in [2.45, 2.75) is 19.5 Å². The van der Waals surface area contributed by atoms with Gasteiger partial charge in [-0.15, -0.1) is 23.7 Å². The van der Waals surface area contributed by atoms with Crippen molar-refractivity contribution >= 4 is 28.9 Å². The fourth-order valence-corrected chi connectivity index (χ4v) is 2.83. The second-order valence-corrected chi connectivity index (χ2v) is 5.69. The molecule has 4 nitrogen and oxygen atoms in total. The molecule has 1 saturated heterocycles. The molecule has 6 heteroatoms. The zero-order valence-electron chi connectivity index (χ0n) is 10.6. The van der Waals surface area contributed by atoms with Crippen molar-refractivity contribution in [1.82, 2.24) is 15.2 Å². The number of nitrogens with one attached hydrogen (secondary N) is 1. The molecular weight excluding hydrogens is 256 g/mol. The maximum absolute atomic E-state index is 4.40. The molecule has 1 fully saturated rings. The lowest BCUT2D eigenvalue weighted by atomic mass is 10.2. The lowest BCUT2D eigenvalue weighted by Gasteiger charge is -2.31. The van der Waals surface area contributed by atoms with E-state index in [9.17, 15) is 0 Å². The Labute approximate surface area is 113 Å². The molecule has 2 rings (SSSR count). The Hall–Kier alpha value is -0.360. The molecule has 17 heavy (non-hydrogen) atoms. The minimum absolute atomic E-state index is 0. The fourth-order valence-electron chi connectivity index (χ4n) is 1.95. The van der Waals surface area contributed by atoms with E-state index >= 15 is 0 Å². The van der Waals surface area contributed by atoms with Crippen LogP contribution in [0.4, 0.5) is 5.13 Å². The van der Waals surface area contributed by atoms with Crippen LogP contribution < -0.4 is 10.2 Å². The van der Waals surface area contributed by atoms with Gasteiger partial charge in [0.15, 0.2) is 5.13 Å². The van der Waals surface area contributed by atoms with Crippen molar-refractivity contribution in [3.05, 3.63) is 11.1 Å². The summed E-state index contributed by atoms with van der Waals surface area (Å²) in [7, 11) is 4.07. The van der Waals surface area contributed by atoms with Crippen LogP contribution in [0.5, 0.6) is 0 Å². The number of rotatable bonds is 3. The summed E-state index contributed by atoms with van der Waals surface area (Å²) in [6.45, 7) is 6.65. The fraction of sp³-hybridized carbons (Fsp3) is 0.727. The highest BCUT2D eigenvalue weighted by molar-refractivity contribution is 7.15. The number of aromatic nitrogens is 1. The summed E-state index contributed by atoms with van der Waals surface area (Å²) in [6, 6.07) is 0.606. The third-order valence-electron chi connectivity index (χ3n) is 2.76. The number of halogens is 1. The Bertz CT molecular complexity index is 342. The Morgan fingerprint density at radius 3 is 2.94 bits per heavy atom. The minimum atomic E-state index is 0. The average Bonchev–Trinajstić information content (AvgIpc) is 2.66. The van der Waals surface area contributed by atoms with Gasteiger partial charge in [-0.05, 0) is 6.92 Å². The molecule has 1 aliphatic rings. The Balaban J connectivity index is 0.00000144. The van der Waals surface area contributed by atoms with E-state index in [2.05, 4.69) is 27.0 Å². The number of anilines is 1. The Kier molecular flexibility index (Phi) is 5.66. The van der Waals surface area contributed by atoms with E-state index in [0.29, 0.717) is 6.04 Å². The third-order valence-corrected chi connectivity index (χ3v) is 3.91. The molecule has 1 atom stereocenters. The molecule has 0 radical (unpaired) electrons. The first kappa shape index (κ1) is 14.7. The van der Waals surface area contributed by atoms with Gasteiger partial charge < -0.3 is 10.2 Å². The molecule has 0 spiro atoms. The first-order valence-corrected chi connectivity index (χ1v) is 6.54. The molecule has 1 aromatic rings. The lowest BCUT2D eigenvalue weighted by Crippen LogP contribution is -2.48. The predicted molar refractivity (Wildman–Crippen MR) is 76.4 cm³/mol. The number of piperazine rings is 1. The molecule has 0 bridgehead atoms. The third kappa shape index (κ3) is 4.10. The van der Waals surface area contributed by atoms with Crippen LogP contribution in [-0.4, -0.2) is 49.7 Å². The highest BCUT2D eigenvalue weighted by Crippen LogP contribution is 2.21. The van der Waals surface area contributed by atoms with Gasteiger partial charge in [-0.1, -0.05) is 0 Å². The van der Waals surface area contributed by atoms with E-state index in [4.69, 9.17) is 0 Å². The van der Waals surface area contributed by atoms with E-state index in [1.165, 1.54) is 4.88 Å². The lowest BCUT2D eigenvalue weighted by molar-refractivity contribution is 0.201. The van der Waals surface area contributed by atoms with Crippen molar-refractivity contribution < 1.29 is 0 Å². The summed E-state index contributed by atoms with van der Waals surface area (Å²) in [4.78, 5) is 10.3. The second-order valence-electron chi connectivity index (χ2n) is 4.59. The van der Waals surface area contributed by atoms with Crippen molar-refractivity contribution in [2.24, 2.45) is 0 Å². The maximum atomic E-state index is 4.40. The summed E-state index contributed by atoms with van der Waals surface area (Å²) in [6.07, 6.45) is 2.01. The molecule has 1 N–H and O–H groups in total. The first-order valence-electron chi connectivity index (χ1n) is 5.73. The standard InChI is InChI=1S/C11H20N4S.ClH/c1-9-7-15(5-4-12-9)8-10-6-13-11(16-10)14(2)3;/h6,9,12H,4-5,7-8H2,1-3H3;1H/t9-;/m0./s1. The summed E-state index contributed by atoms with van der Waals surface area (Å²) < 4.78 is 0. The smallest absolute Gasteiger partial charge is 0.185 e. The summed E-state index contributed by atoms with van der Waals surface area (Å²) >= 11 is 1.79. The van der Waals surface area contributed by atoms with Crippen molar-refractivity contribution in [3.63, 3.8) is 0 Å². The topological polar surface area (TPSA) is 31.4 Å². The number of nitrogens with zero attached hydrogens (tertiary/aromatic N) is 3. The predicted octanol–water partition coefficient (Wildman–Crippen LogP) is 1.42. The molecule has 0 unspecified atom stereocenters. The molecule has 0 amide bonds. The number of thiazole rings is 1. The van der Waals surface area contributed by atoms with Crippen LogP contribution in [0.3, 0.4) is 0 Å². The largest absolute Gasteiger partial charge is 0.354 e. The molecule has 0 saturated carbocycles. The van der Waals surface area contributed by atoms with E-state index in [1.54, 1.807) is 11.3 Å². The zero-order valence-corrected chi connectivity index (χ0v) is 12.3. The van der Waals surface area contributed by atoms with Crippen molar-refractivity contribution in [3.8, 4) is 0 Å². The van der Waals surface area contributed by atoms with E-state index in [0.717, 1.165) is 31.3 Å². The van der Waals surface area contributed by atoms with Crippen LogP contribution in [0.1, 0.15) is 11.8 Å². The van der Waals surface area contributed by atoms with Crippen LogP contribution >= 0.6 is 23.7 Å². The van der Waals surface area contributed by atoms with Gasteiger partial charge in [0.25, 0.3) is 0 Å². The molecule has 0 aliphatic carbocycles. The van der Waals surface area contributed by atoms with E-state index < -0.39 is 0 Å². The highest BCUT2D eigenvalue weighted by atomic mass is 35.5. The van der Waals surface area contributed by atoms with Gasteiger partial charge in [-0.3, -0.25) is 4.90 Å². The molecule has 1 aromatic heterocycles. The van der Waals surface area contributed by atoms with Crippen LogP contribution in [0.2, 0.25) is 0 Å². The van der Waals surface area contributed by atoms with Gasteiger partial charge in [0.1, 0.15) is 0 Å². The Morgan fingerprint density at radius 1 is 1.59 bits per heavy atom. The highest BCUT2D eigenvalue weighted by Gasteiger charge is 2.16. The Morgan fingerprint density at radius 2 is 2.35 bits per heavy atom. The van der Waals surface area contributed by atoms with Gasteiger partial charge in [-0.2, -0.15) is 0 Å². The van der Waals surface area contributed by atoms with Gasteiger partial charge in [0, 0.05) is 57.4 Å². The van der Waals surface area contributed by atoms with Gasteiger partial charge in [-0.25, -0.2) is 4.98 Å². The maximum Gasteiger partial charge on any atom is 0.185 e. The molecular formula is C11H21ClN4S. The normalized spacial score (nSPS) is 21.0. The average molecular weight is 277 g/mol. The van der Waals surface area contributed by atoms with Gasteiger partial charge >= 0.3 is 0 Å². The van der Waals surface area contributed by atoms with Gasteiger partial charge in [0.05, 0.1) is 0 Å². The van der Waals surface area contributed by atoms with E-state index in [1.807, 2.05) is 20.3 Å².